The fourth-order valence-electron chi connectivity index (χ4n) is 2.76. The van der Waals surface area contributed by atoms with Crippen LogP contribution >= 0.6 is 23.8 Å². The van der Waals surface area contributed by atoms with Gasteiger partial charge in [0.1, 0.15) is 5.82 Å². The average Bonchev–Trinajstić information content (AvgIpc) is 3.13. The van der Waals surface area contributed by atoms with Crippen LogP contribution in [-0.2, 0) is 6.54 Å². The van der Waals surface area contributed by atoms with Crippen LogP contribution in [0.3, 0.4) is 0 Å². The number of ether oxygens (including phenoxy) is 2. The Hall–Kier alpha value is -2.84. The Morgan fingerprint density at radius 1 is 1.07 bits per heavy atom. The van der Waals surface area contributed by atoms with E-state index in [1.807, 2.05) is 38.2 Å². The Balaban J connectivity index is 1.62. The molecule has 0 aliphatic carbocycles. The van der Waals surface area contributed by atoms with Crippen molar-refractivity contribution in [1.82, 2.24) is 9.78 Å². The summed E-state index contributed by atoms with van der Waals surface area (Å²) in [5, 5.41) is 10.7. The fourth-order valence-corrected chi connectivity index (χ4v) is 3.18. The Morgan fingerprint density at radius 3 is 2.53 bits per heavy atom. The van der Waals surface area contributed by atoms with E-state index in [4.69, 9.17) is 33.3 Å². The van der Waals surface area contributed by atoms with Gasteiger partial charge in [-0.3, -0.25) is 4.68 Å². The van der Waals surface area contributed by atoms with Crippen molar-refractivity contribution >= 4 is 40.3 Å². The van der Waals surface area contributed by atoms with E-state index in [-0.39, 0.29) is 5.02 Å². The lowest BCUT2D eigenvalue weighted by molar-refractivity contribution is 0.287. The summed E-state index contributed by atoms with van der Waals surface area (Å²) in [7, 11) is 0. The van der Waals surface area contributed by atoms with Crippen LogP contribution < -0.4 is 20.1 Å². The smallest absolute Gasteiger partial charge is 0.175 e. The average molecular weight is 449 g/mol. The molecule has 2 N–H and O–H groups in total. The summed E-state index contributed by atoms with van der Waals surface area (Å²) >= 11 is 11.1. The summed E-state index contributed by atoms with van der Waals surface area (Å²) in [6, 6.07) is 10.1. The Morgan fingerprint density at radius 2 is 1.80 bits per heavy atom. The number of rotatable bonds is 8. The molecule has 0 atom stereocenters. The number of hydrogen-bond donors (Lipinski definition) is 2. The number of benzene rings is 2. The molecule has 0 saturated carbocycles. The third kappa shape index (κ3) is 5.84. The van der Waals surface area contributed by atoms with E-state index >= 15 is 0 Å². The summed E-state index contributed by atoms with van der Waals surface area (Å²) in [5.74, 6) is 0.957. The molecule has 30 heavy (non-hydrogen) atoms. The molecule has 1 aromatic heterocycles. The molecule has 0 amide bonds. The van der Waals surface area contributed by atoms with Crippen LogP contribution in [0.1, 0.15) is 19.4 Å². The van der Waals surface area contributed by atoms with Gasteiger partial charge in [-0.2, -0.15) is 5.10 Å². The highest BCUT2D eigenvalue weighted by Gasteiger charge is 2.08. The first kappa shape index (κ1) is 21.9. The van der Waals surface area contributed by atoms with Crippen molar-refractivity contribution in [1.29, 1.82) is 0 Å². The second kappa shape index (κ2) is 10.3. The van der Waals surface area contributed by atoms with Crippen molar-refractivity contribution in [3.63, 3.8) is 0 Å². The molecule has 2 aromatic carbocycles. The van der Waals surface area contributed by atoms with Gasteiger partial charge in [0.15, 0.2) is 16.6 Å². The Bertz CT molecular complexity index is 1030. The highest BCUT2D eigenvalue weighted by molar-refractivity contribution is 7.80. The van der Waals surface area contributed by atoms with Gasteiger partial charge >= 0.3 is 0 Å². The van der Waals surface area contributed by atoms with Crippen LogP contribution in [0, 0.1) is 5.82 Å². The third-order valence-corrected chi connectivity index (χ3v) is 4.51. The normalized spacial score (nSPS) is 10.5. The minimum Gasteiger partial charge on any atom is -0.490 e. The number of anilines is 2. The van der Waals surface area contributed by atoms with Crippen LogP contribution in [-0.4, -0.2) is 28.1 Å². The summed E-state index contributed by atoms with van der Waals surface area (Å²) in [6.45, 7) is 5.56. The topological polar surface area (TPSA) is 60.3 Å². The van der Waals surface area contributed by atoms with Crippen LogP contribution in [0.2, 0.25) is 5.02 Å². The zero-order chi connectivity index (χ0) is 21.5. The van der Waals surface area contributed by atoms with Gasteiger partial charge in [-0.1, -0.05) is 17.7 Å². The zero-order valence-corrected chi connectivity index (χ0v) is 18.2. The summed E-state index contributed by atoms with van der Waals surface area (Å²) in [6.07, 6.45) is 3.51. The van der Waals surface area contributed by atoms with E-state index < -0.39 is 5.82 Å². The summed E-state index contributed by atoms with van der Waals surface area (Å²) in [5.41, 5.74) is 2.33. The molecule has 9 heteroatoms. The molecule has 3 rings (SSSR count). The highest BCUT2D eigenvalue weighted by Crippen LogP contribution is 2.29. The molecule has 0 aliphatic rings. The monoisotopic (exact) mass is 448 g/mol. The van der Waals surface area contributed by atoms with Crippen molar-refractivity contribution in [3.05, 3.63) is 65.2 Å². The van der Waals surface area contributed by atoms with E-state index in [2.05, 4.69) is 15.7 Å². The molecule has 3 aromatic rings. The predicted molar refractivity (Wildman–Crippen MR) is 121 cm³/mol. The molecule has 0 unspecified atom stereocenters. The minimum atomic E-state index is -0.482. The summed E-state index contributed by atoms with van der Waals surface area (Å²) < 4.78 is 26.3. The SMILES string of the molecule is CCOc1ccc(Cn2cc(NC(=S)Nc3ccc(F)c(Cl)c3)cn2)cc1OCC. The Labute approximate surface area is 184 Å². The maximum absolute atomic E-state index is 13.3. The van der Waals surface area contributed by atoms with Crippen molar-refractivity contribution in [2.24, 2.45) is 0 Å². The van der Waals surface area contributed by atoms with Gasteiger partial charge in [-0.25, -0.2) is 4.39 Å². The lowest BCUT2D eigenvalue weighted by atomic mass is 10.2. The van der Waals surface area contributed by atoms with Gasteiger partial charge in [-0.15, -0.1) is 0 Å². The molecule has 0 spiro atoms. The standard InChI is InChI=1S/C21H22ClFN4O2S/c1-3-28-19-8-5-14(9-20(19)29-4-2)12-27-13-16(11-24-27)26-21(30)25-15-6-7-18(23)17(22)10-15/h5-11,13H,3-4,12H2,1-2H3,(H2,25,26,30). The first-order valence-electron chi connectivity index (χ1n) is 9.42. The molecule has 1 heterocycles. The lowest BCUT2D eigenvalue weighted by Crippen LogP contribution is -2.18. The molecule has 0 saturated heterocycles. The number of aromatic nitrogens is 2. The molecule has 0 bridgehead atoms. The molecule has 0 fully saturated rings. The number of hydrogen-bond acceptors (Lipinski definition) is 4. The van der Waals surface area contributed by atoms with Crippen molar-refractivity contribution < 1.29 is 13.9 Å². The van der Waals surface area contributed by atoms with Gasteiger partial charge in [0.05, 0.1) is 36.7 Å². The number of halogens is 2. The summed E-state index contributed by atoms with van der Waals surface area (Å²) in [4.78, 5) is 0. The van der Waals surface area contributed by atoms with Crippen LogP contribution in [0.4, 0.5) is 15.8 Å². The van der Waals surface area contributed by atoms with Crippen LogP contribution in [0.15, 0.2) is 48.8 Å². The lowest BCUT2D eigenvalue weighted by Gasteiger charge is -2.12. The van der Waals surface area contributed by atoms with E-state index in [1.165, 1.54) is 12.1 Å². The molecular weight excluding hydrogens is 427 g/mol. The fraction of sp³-hybridized carbons (Fsp3) is 0.238. The van der Waals surface area contributed by atoms with Gasteiger partial charge < -0.3 is 20.1 Å². The first-order valence-corrected chi connectivity index (χ1v) is 10.2. The van der Waals surface area contributed by atoms with E-state index in [0.717, 1.165) is 17.0 Å². The van der Waals surface area contributed by atoms with Crippen LogP contribution in [0.25, 0.3) is 0 Å². The Kier molecular flexibility index (Phi) is 7.48. The minimum absolute atomic E-state index is 0.0254. The maximum atomic E-state index is 13.3. The van der Waals surface area contributed by atoms with Gasteiger partial charge in [0, 0.05) is 11.9 Å². The van der Waals surface area contributed by atoms with Gasteiger partial charge in [0.2, 0.25) is 0 Å². The number of thiocarbonyl (C=S) groups is 1. The predicted octanol–water partition coefficient (Wildman–Crippen LogP) is 5.33. The third-order valence-electron chi connectivity index (χ3n) is 4.02. The molecule has 158 valence electrons. The molecular formula is C21H22ClFN4O2S. The molecule has 6 nitrogen and oxygen atoms in total. The van der Waals surface area contributed by atoms with Crippen molar-refractivity contribution in [2.75, 3.05) is 23.8 Å². The molecule has 0 radical (unpaired) electrons. The quantitative estimate of drug-likeness (QED) is 0.454. The highest BCUT2D eigenvalue weighted by atomic mass is 35.5. The first-order chi connectivity index (χ1) is 14.5. The van der Waals surface area contributed by atoms with Gasteiger partial charge in [-0.05, 0) is 62.0 Å². The second-order valence-electron chi connectivity index (χ2n) is 6.28. The zero-order valence-electron chi connectivity index (χ0n) is 16.6. The number of nitrogens with one attached hydrogen (secondary N) is 2. The van der Waals surface area contributed by atoms with Crippen molar-refractivity contribution in [2.45, 2.75) is 20.4 Å². The molecule has 0 aliphatic heterocycles. The van der Waals surface area contributed by atoms with E-state index in [0.29, 0.717) is 36.3 Å². The van der Waals surface area contributed by atoms with Crippen molar-refractivity contribution in [3.8, 4) is 11.5 Å². The van der Waals surface area contributed by atoms with Gasteiger partial charge in [0.25, 0.3) is 0 Å². The largest absolute Gasteiger partial charge is 0.490 e. The second-order valence-corrected chi connectivity index (χ2v) is 7.10. The van der Waals surface area contributed by atoms with E-state index in [9.17, 15) is 4.39 Å². The van der Waals surface area contributed by atoms with E-state index in [1.54, 1.807) is 16.9 Å². The number of nitrogens with zero attached hydrogens (tertiary/aromatic N) is 2. The maximum Gasteiger partial charge on any atom is 0.175 e. The van der Waals surface area contributed by atoms with Crippen LogP contribution in [0.5, 0.6) is 11.5 Å².